The summed E-state index contributed by atoms with van der Waals surface area (Å²) in [7, 11) is 0. The van der Waals surface area contributed by atoms with Crippen molar-refractivity contribution in [2.24, 2.45) is 0 Å². The molecule has 0 radical (unpaired) electrons. The first-order chi connectivity index (χ1) is 8.37. The minimum atomic E-state index is -0.808. The average Bonchev–Trinajstić information content (AvgIpc) is 2.26. The first-order valence-corrected chi connectivity index (χ1v) is 6.09. The molecular formula is C15H21NO2. The highest BCUT2D eigenvalue weighted by atomic mass is 16.4. The number of benzene rings is 1. The minimum absolute atomic E-state index is 0.0628. The Labute approximate surface area is 109 Å². The van der Waals surface area contributed by atoms with E-state index in [0.29, 0.717) is 0 Å². The summed E-state index contributed by atoms with van der Waals surface area (Å²) >= 11 is 0. The van der Waals surface area contributed by atoms with Gasteiger partial charge < -0.3 is 10.4 Å². The van der Waals surface area contributed by atoms with Gasteiger partial charge in [0.25, 0.3) is 0 Å². The van der Waals surface area contributed by atoms with Crippen molar-refractivity contribution in [2.75, 3.05) is 0 Å². The molecule has 3 heteroatoms. The van der Waals surface area contributed by atoms with E-state index >= 15 is 0 Å². The molecule has 0 unspecified atom stereocenters. The Kier molecular flexibility index (Phi) is 5.10. The van der Waals surface area contributed by atoms with Crippen LogP contribution in [0.25, 0.3) is 6.08 Å². The molecule has 3 nitrogen and oxygen atoms in total. The summed E-state index contributed by atoms with van der Waals surface area (Å²) in [6.45, 7) is 7.24. The number of hydrogen-bond donors (Lipinski definition) is 2. The van der Waals surface area contributed by atoms with Gasteiger partial charge in [-0.05, 0) is 31.9 Å². The van der Waals surface area contributed by atoms with E-state index in [-0.39, 0.29) is 12.0 Å². The highest BCUT2D eigenvalue weighted by Crippen LogP contribution is 2.08. The molecule has 1 aromatic carbocycles. The lowest BCUT2D eigenvalue weighted by Gasteiger charge is -2.20. The van der Waals surface area contributed by atoms with Crippen LogP contribution in [0.5, 0.6) is 0 Å². The Balaban J connectivity index is 2.52. The number of hydrogen-bond acceptors (Lipinski definition) is 2. The molecule has 0 bridgehead atoms. The van der Waals surface area contributed by atoms with Crippen molar-refractivity contribution in [3.63, 3.8) is 0 Å². The fourth-order valence-electron chi connectivity index (χ4n) is 1.41. The largest absolute Gasteiger partial charge is 0.481 e. The van der Waals surface area contributed by atoms with E-state index in [1.165, 1.54) is 5.56 Å². The zero-order valence-electron chi connectivity index (χ0n) is 11.2. The zero-order valence-corrected chi connectivity index (χ0v) is 11.2. The third-order valence-electron chi connectivity index (χ3n) is 2.41. The smallest absolute Gasteiger partial charge is 0.307 e. The second kappa shape index (κ2) is 6.36. The number of rotatable bonds is 5. The Morgan fingerprint density at radius 1 is 1.28 bits per heavy atom. The van der Waals surface area contributed by atoms with Gasteiger partial charge in [-0.2, -0.15) is 0 Å². The van der Waals surface area contributed by atoms with E-state index in [1.807, 2.05) is 18.2 Å². The first-order valence-electron chi connectivity index (χ1n) is 6.09. The van der Waals surface area contributed by atoms with Gasteiger partial charge in [-0.15, -0.1) is 0 Å². The van der Waals surface area contributed by atoms with Gasteiger partial charge >= 0.3 is 5.97 Å². The molecule has 0 spiro atoms. The van der Waals surface area contributed by atoms with E-state index in [9.17, 15) is 4.79 Å². The van der Waals surface area contributed by atoms with Crippen molar-refractivity contribution in [3.05, 3.63) is 41.5 Å². The van der Waals surface area contributed by atoms with Crippen LogP contribution in [-0.4, -0.2) is 16.6 Å². The quantitative estimate of drug-likeness (QED) is 0.840. The summed E-state index contributed by atoms with van der Waals surface area (Å²) in [6, 6.07) is 8.11. The molecule has 1 aromatic rings. The molecule has 0 aliphatic heterocycles. The second-order valence-corrected chi connectivity index (χ2v) is 5.35. The van der Waals surface area contributed by atoms with E-state index in [1.54, 1.807) is 6.08 Å². The fourth-order valence-corrected chi connectivity index (χ4v) is 1.41. The van der Waals surface area contributed by atoms with Crippen molar-refractivity contribution in [2.45, 2.75) is 39.3 Å². The molecule has 0 aromatic heterocycles. The van der Waals surface area contributed by atoms with Crippen molar-refractivity contribution in [1.29, 1.82) is 0 Å². The molecule has 2 N–H and O–H groups in total. The summed E-state index contributed by atoms with van der Waals surface area (Å²) in [4.78, 5) is 10.4. The summed E-state index contributed by atoms with van der Waals surface area (Å²) < 4.78 is 0. The van der Waals surface area contributed by atoms with Gasteiger partial charge in [0.15, 0.2) is 0 Å². The molecule has 0 saturated carbocycles. The van der Waals surface area contributed by atoms with E-state index in [0.717, 1.165) is 12.1 Å². The number of carbonyl (C=O) groups is 1. The van der Waals surface area contributed by atoms with E-state index in [2.05, 4.69) is 38.2 Å². The molecular weight excluding hydrogens is 226 g/mol. The number of carboxylic acids is 1. The third-order valence-corrected chi connectivity index (χ3v) is 2.41. The first kappa shape index (κ1) is 14.5. The molecule has 0 amide bonds. The molecule has 18 heavy (non-hydrogen) atoms. The molecule has 0 aliphatic carbocycles. The topological polar surface area (TPSA) is 49.3 Å². The fraction of sp³-hybridized carbons (Fsp3) is 0.400. The van der Waals surface area contributed by atoms with Crippen molar-refractivity contribution in [3.8, 4) is 0 Å². The Hall–Kier alpha value is -1.61. The number of aliphatic carboxylic acids is 1. The van der Waals surface area contributed by atoms with Gasteiger partial charge in [-0.1, -0.05) is 36.4 Å². The lowest BCUT2D eigenvalue weighted by atomic mass is 10.1. The number of carboxylic acid groups (broad SMARTS) is 1. The lowest BCUT2D eigenvalue weighted by molar-refractivity contribution is -0.135. The Bertz CT molecular complexity index is 413. The van der Waals surface area contributed by atoms with E-state index in [4.69, 9.17) is 5.11 Å². The highest BCUT2D eigenvalue weighted by Gasteiger charge is 2.07. The van der Waals surface area contributed by atoms with Crippen molar-refractivity contribution in [1.82, 2.24) is 5.32 Å². The van der Waals surface area contributed by atoms with Gasteiger partial charge in [0.1, 0.15) is 0 Å². The summed E-state index contributed by atoms with van der Waals surface area (Å²) in [5, 5.41) is 11.9. The van der Waals surface area contributed by atoms with Crippen molar-refractivity contribution >= 4 is 12.0 Å². The zero-order chi connectivity index (χ0) is 13.6. The predicted molar refractivity (Wildman–Crippen MR) is 74.3 cm³/mol. The van der Waals surface area contributed by atoms with Crippen molar-refractivity contribution < 1.29 is 9.90 Å². The van der Waals surface area contributed by atoms with Crippen LogP contribution in [0.1, 0.15) is 38.3 Å². The van der Waals surface area contributed by atoms with Crippen LogP contribution in [0, 0.1) is 0 Å². The molecule has 1 rings (SSSR count). The third kappa shape index (κ3) is 6.21. The molecule has 0 heterocycles. The summed E-state index contributed by atoms with van der Waals surface area (Å²) in [5.74, 6) is -0.808. The molecule has 0 fully saturated rings. The van der Waals surface area contributed by atoms with Crippen LogP contribution in [0.3, 0.4) is 0 Å². The minimum Gasteiger partial charge on any atom is -0.481 e. The molecule has 0 saturated heterocycles. The predicted octanol–water partition coefficient (Wildman–Crippen LogP) is 3.06. The van der Waals surface area contributed by atoms with Gasteiger partial charge in [-0.25, -0.2) is 0 Å². The van der Waals surface area contributed by atoms with Crippen LogP contribution < -0.4 is 5.32 Å². The normalized spacial score (nSPS) is 11.9. The van der Waals surface area contributed by atoms with Crippen LogP contribution in [0.2, 0.25) is 0 Å². The van der Waals surface area contributed by atoms with Crippen LogP contribution in [0.15, 0.2) is 30.3 Å². The van der Waals surface area contributed by atoms with Gasteiger partial charge in [-0.3, -0.25) is 4.79 Å². The molecule has 0 atom stereocenters. The van der Waals surface area contributed by atoms with Gasteiger partial charge in [0.05, 0.1) is 6.42 Å². The van der Waals surface area contributed by atoms with Crippen LogP contribution in [0.4, 0.5) is 0 Å². The van der Waals surface area contributed by atoms with Gasteiger partial charge in [0.2, 0.25) is 0 Å². The maximum Gasteiger partial charge on any atom is 0.307 e. The SMILES string of the molecule is CC(C)(C)NCc1ccc(C=CCC(=O)O)cc1. The highest BCUT2D eigenvalue weighted by molar-refractivity contribution is 5.70. The molecule has 0 aliphatic rings. The Morgan fingerprint density at radius 3 is 2.39 bits per heavy atom. The maximum absolute atomic E-state index is 10.4. The Morgan fingerprint density at radius 2 is 1.89 bits per heavy atom. The molecule has 98 valence electrons. The van der Waals surface area contributed by atoms with Crippen LogP contribution in [-0.2, 0) is 11.3 Å². The summed E-state index contributed by atoms with van der Waals surface area (Å²) in [6.07, 6.45) is 3.55. The van der Waals surface area contributed by atoms with Crippen LogP contribution >= 0.6 is 0 Å². The van der Waals surface area contributed by atoms with E-state index < -0.39 is 5.97 Å². The maximum atomic E-state index is 10.4. The second-order valence-electron chi connectivity index (χ2n) is 5.35. The lowest BCUT2D eigenvalue weighted by Crippen LogP contribution is -2.35. The average molecular weight is 247 g/mol. The summed E-state index contributed by atoms with van der Waals surface area (Å²) in [5.41, 5.74) is 2.36. The van der Waals surface area contributed by atoms with Gasteiger partial charge in [0, 0.05) is 12.1 Å². The number of nitrogens with one attached hydrogen (secondary N) is 1. The standard InChI is InChI=1S/C15H21NO2/c1-15(2,3)16-11-13-9-7-12(8-10-13)5-4-6-14(17)18/h4-5,7-10,16H,6,11H2,1-3H3,(H,17,18). The monoisotopic (exact) mass is 247 g/mol.